The van der Waals surface area contributed by atoms with E-state index in [4.69, 9.17) is 0 Å². The molecule has 3 nitrogen and oxygen atoms in total. The molecule has 1 aliphatic heterocycles. The first-order valence-electron chi connectivity index (χ1n) is 3.38. The highest BCUT2D eigenvalue weighted by Gasteiger charge is 2.19. The van der Waals surface area contributed by atoms with Crippen LogP contribution in [0, 0.1) is 7.05 Å². The van der Waals surface area contributed by atoms with Crippen molar-refractivity contribution in [3.05, 3.63) is 7.05 Å². The molecule has 0 aliphatic carbocycles. The van der Waals surface area contributed by atoms with E-state index in [9.17, 15) is 9.59 Å². The first kappa shape index (κ1) is 7.25. The minimum atomic E-state index is -0.150. The number of carbonyl (C=O) groups is 2. The Balaban J connectivity index is 2.64. The number of hydrogen-bond acceptors (Lipinski definition) is 2. The molecule has 0 saturated carbocycles. The minimum absolute atomic E-state index is 0.150. The number of rotatable bonds is 0. The molecule has 1 fully saturated rings. The van der Waals surface area contributed by atoms with Crippen LogP contribution in [0.15, 0.2) is 0 Å². The van der Waals surface area contributed by atoms with E-state index >= 15 is 0 Å². The second kappa shape index (κ2) is 2.82. The van der Waals surface area contributed by atoms with E-state index < -0.39 is 0 Å². The first-order chi connectivity index (χ1) is 4.72. The lowest BCUT2D eigenvalue weighted by Crippen LogP contribution is -2.28. The number of likely N-dealkylation sites (tertiary alicyclic amines) is 1. The van der Waals surface area contributed by atoms with E-state index in [1.807, 2.05) is 0 Å². The Morgan fingerprint density at radius 1 is 1.10 bits per heavy atom. The first-order valence-corrected chi connectivity index (χ1v) is 3.38. The fraction of sp³-hybridized carbons (Fsp3) is 0.571. The molecule has 1 aliphatic rings. The van der Waals surface area contributed by atoms with E-state index in [1.165, 1.54) is 0 Å². The van der Waals surface area contributed by atoms with Crippen LogP contribution in [0.3, 0.4) is 0 Å². The summed E-state index contributed by atoms with van der Waals surface area (Å²) >= 11 is 0. The zero-order chi connectivity index (χ0) is 7.56. The monoisotopic (exact) mass is 140 g/mol. The van der Waals surface area contributed by atoms with Gasteiger partial charge in [0.25, 0.3) is 0 Å². The third-order valence-corrected chi connectivity index (χ3v) is 1.63. The molecule has 0 bridgehead atoms. The second-order valence-electron chi connectivity index (χ2n) is 2.42. The maximum absolute atomic E-state index is 10.9. The molecule has 0 aromatic carbocycles. The molecule has 0 aromatic rings. The highest BCUT2D eigenvalue weighted by Crippen LogP contribution is 2.10. The predicted molar refractivity (Wildman–Crippen MR) is 35.7 cm³/mol. The van der Waals surface area contributed by atoms with Crippen LogP contribution >= 0.6 is 0 Å². The summed E-state index contributed by atoms with van der Waals surface area (Å²) in [7, 11) is 3.35. The summed E-state index contributed by atoms with van der Waals surface area (Å²) in [5, 5.41) is 0. The molecule has 1 rings (SSSR count). The van der Waals surface area contributed by atoms with Gasteiger partial charge in [-0.3, -0.25) is 14.5 Å². The van der Waals surface area contributed by atoms with Gasteiger partial charge < -0.3 is 0 Å². The minimum Gasteiger partial charge on any atom is -0.281 e. The van der Waals surface area contributed by atoms with Gasteiger partial charge in [-0.05, 0) is 12.8 Å². The Kier molecular flexibility index (Phi) is 2.04. The summed E-state index contributed by atoms with van der Waals surface area (Å²) in [6.07, 6.45) is 2.57. The summed E-state index contributed by atoms with van der Waals surface area (Å²) in [6, 6.07) is 0. The van der Waals surface area contributed by atoms with Gasteiger partial charge in [0.1, 0.15) is 0 Å². The van der Waals surface area contributed by atoms with Crippen LogP contribution in [-0.2, 0) is 9.59 Å². The van der Waals surface area contributed by atoms with E-state index in [-0.39, 0.29) is 11.8 Å². The molecule has 3 heteroatoms. The van der Waals surface area contributed by atoms with Gasteiger partial charge in [-0.1, -0.05) is 0 Å². The number of carbonyl (C=O) groups excluding carboxylic acids is 2. The lowest BCUT2D eigenvalue weighted by molar-refractivity contribution is -0.140. The zero-order valence-corrected chi connectivity index (χ0v) is 5.80. The van der Waals surface area contributed by atoms with Gasteiger partial charge in [0, 0.05) is 19.9 Å². The molecule has 55 valence electrons. The Hall–Kier alpha value is -0.860. The van der Waals surface area contributed by atoms with E-state index in [1.54, 1.807) is 0 Å². The molecule has 0 aromatic heterocycles. The van der Waals surface area contributed by atoms with Crippen LogP contribution in [0.25, 0.3) is 0 Å². The maximum atomic E-state index is 10.9. The van der Waals surface area contributed by atoms with Crippen molar-refractivity contribution < 1.29 is 9.59 Å². The molecule has 10 heavy (non-hydrogen) atoms. The SMILES string of the molecule is [CH2]N1C(=O)CCCCC1=O. The molecular weight excluding hydrogens is 130 g/mol. The molecule has 0 spiro atoms. The average Bonchev–Trinajstić information content (AvgIpc) is 2.04. The van der Waals surface area contributed by atoms with Crippen LogP contribution < -0.4 is 0 Å². The topological polar surface area (TPSA) is 37.4 Å². The van der Waals surface area contributed by atoms with Gasteiger partial charge in [-0.15, -0.1) is 0 Å². The average molecular weight is 140 g/mol. The van der Waals surface area contributed by atoms with Crippen LogP contribution in [-0.4, -0.2) is 16.7 Å². The molecule has 0 unspecified atom stereocenters. The number of hydrogen-bond donors (Lipinski definition) is 0. The van der Waals surface area contributed by atoms with Gasteiger partial charge in [-0.25, -0.2) is 0 Å². The van der Waals surface area contributed by atoms with Gasteiger partial charge in [0.15, 0.2) is 0 Å². The number of amides is 2. The van der Waals surface area contributed by atoms with Gasteiger partial charge in [0.05, 0.1) is 0 Å². The van der Waals surface area contributed by atoms with Crippen LogP contribution in [0.2, 0.25) is 0 Å². The summed E-state index contributed by atoms with van der Waals surface area (Å²) in [4.78, 5) is 22.7. The number of nitrogens with zero attached hydrogens (tertiary/aromatic N) is 1. The molecule has 2 amide bonds. The Labute approximate surface area is 60.0 Å². The van der Waals surface area contributed by atoms with Gasteiger partial charge >= 0.3 is 0 Å². The summed E-state index contributed by atoms with van der Waals surface area (Å²) < 4.78 is 0. The van der Waals surface area contributed by atoms with E-state index in [2.05, 4.69) is 7.05 Å². The van der Waals surface area contributed by atoms with Crippen molar-refractivity contribution in [1.29, 1.82) is 0 Å². The van der Waals surface area contributed by atoms with Crippen molar-refractivity contribution in [3.8, 4) is 0 Å². The van der Waals surface area contributed by atoms with E-state index in [0.717, 1.165) is 17.7 Å². The summed E-state index contributed by atoms with van der Waals surface area (Å²) in [5.74, 6) is -0.301. The predicted octanol–water partition coefficient (Wildman–Crippen LogP) is 0.707. The summed E-state index contributed by atoms with van der Waals surface area (Å²) in [6.45, 7) is 0. The Bertz CT molecular complexity index is 147. The lowest BCUT2D eigenvalue weighted by atomic mass is 10.2. The molecule has 1 saturated heterocycles. The molecule has 0 N–H and O–H groups in total. The molecule has 1 heterocycles. The Morgan fingerprint density at radius 2 is 1.50 bits per heavy atom. The van der Waals surface area contributed by atoms with Crippen molar-refractivity contribution in [2.75, 3.05) is 0 Å². The third-order valence-electron chi connectivity index (χ3n) is 1.63. The van der Waals surface area contributed by atoms with Crippen LogP contribution in [0.1, 0.15) is 25.7 Å². The molecule has 1 radical (unpaired) electrons. The highest BCUT2D eigenvalue weighted by atomic mass is 16.2. The number of imide groups is 1. The third kappa shape index (κ3) is 1.35. The largest absolute Gasteiger partial charge is 0.281 e. The smallest absolute Gasteiger partial charge is 0.229 e. The van der Waals surface area contributed by atoms with Crippen LogP contribution in [0.5, 0.6) is 0 Å². The highest BCUT2D eigenvalue weighted by molar-refractivity contribution is 5.96. The van der Waals surface area contributed by atoms with Gasteiger partial charge in [-0.2, -0.15) is 0 Å². The maximum Gasteiger partial charge on any atom is 0.229 e. The van der Waals surface area contributed by atoms with Crippen LogP contribution in [0.4, 0.5) is 0 Å². The quantitative estimate of drug-likeness (QED) is 0.464. The van der Waals surface area contributed by atoms with E-state index in [0.29, 0.717) is 12.8 Å². The normalized spacial score (nSPS) is 21.1. The summed E-state index contributed by atoms with van der Waals surface area (Å²) in [5.41, 5.74) is 0. The van der Waals surface area contributed by atoms with Crippen molar-refractivity contribution in [2.45, 2.75) is 25.7 Å². The second-order valence-corrected chi connectivity index (χ2v) is 2.42. The van der Waals surface area contributed by atoms with Crippen molar-refractivity contribution in [1.82, 2.24) is 4.90 Å². The fourth-order valence-corrected chi connectivity index (χ4v) is 0.961. The zero-order valence-electron chi connectivity index (χ0n) is 5.80. The molecule has 0 atom stereocenters. The van der Waals surface area contributed by atoms with Gasteiger partial charge in [0.2, 0.25) is 11.8 Å². The van der Waals surface area contributed by atoms with Crippen molar-refractivity contribution >= 4 is 11.8 Å². The molecular formula is C7H10NO2. The fourth-order valence-electron chi connectivity index (χ4n) is 0.961. The Morgan fingerprint density at radius 3 is 1.90 bits per heavy atom. The lowest BCUT2D eigenvalue weighted by Gasteiger charge is -2.09. The van der Waals surface area contributed by atoms with Crippen molar-refractivity contribution in [2.24, 2.45) is 0 Å². The standard InChI is InChI=1S/C7H10NO2/c1-8-6(9)4-2-3-5-7(8)10/h1-5H2. The van der Waals surface area contributed by atoms with Crippen molar-refractivity contribution in [3.63, 3.8) is 0 Å².